The Kier molecular flexibility index (Phi) is 28.4. The Morgan fingerprint density at radius 1 is 0.776 bits per heavy atom. The lowest BCUT2D eigenvalue weighted by molar-refractivity contribution is -0.136. The van der Waals surface area contributed by atoms with Gasteiger partial charge >= 0.3 is 0 Å². The Bertz CT molecular complexity index is 2410. The number of aliphatic hydroxyl groups excluding tert-OH is 2. The van der Waals surface area contributed by atoms with Gasteiger partial charge in [-0.3, -0.25) is 37.8 Å². The van der Waals surface area contributed by atoms with Crippen LogP contribution < -0.4 is 71.2 Å². The van der Waals surface area contributed by atoms with Gasteiger partial charge in [0, 0.05) is 71.6 Å². The van der Waals surface area contributed by atoms with Crippen molar-refractivity contribution < 1.29 is 48.0 Å². The largest absolute Gasteiger partial charge is 0.391 e. The lowest BCUT2D eigenvalue weighted by atomic mass is 9.96. The number of hydrogen-bond donors (Lipinski definition) is 15. The van der Waals surface area contributed by atoms with Crippen LogP contribution in [0.5, 0.6) is 0 Å². The second-order valence-electron chi connectivity index (χ2n) is 18.1. The van der Waals surface area contributed by atoms with Crippen molar-refractivity contribution >= 4 is 80.6 Å². The van der Waals surface area contributed by atoms with Crippen LogP contribution in [0.15, 0.2) is 10.8 Å². The molecule has 3 aromatic heterocycles. The molecule has 9 atom stereocenters. The van der Waals surface area contributed by atoms with Crippen LogP contribution in [-0.4, -0.2) is 176 Å². The van der Waals surface area contributed by atoms with Crippen molar-refractivity contribution in [3.05, 3.63) is 38.5 Å². The van der Waals surface area contributed by atoms with Crippen molar-refractivity contribution in [2.45, 2.75) is 115 Å². The number of rotatable bonds is 37. The van der Waals surface area contributed by atoms with Gasteiger partial charge in [0.1, 0.15) is 45.8 Å². The molecule has 0 saturated carbocycles. The number of anilines is 1. The minimum Gasteiger partial charge on any atom is -0.391 e. The van der Waals surface area contributed by atoms with E-state index in [0.29, 0.717) is 35.2 Å². The van der Waals surface area contributed by atoms with Gasteiger partial charge in [-0.15, -0.1) is 22.7 Å². The second kappa shape index (κ2) is 33.5. The first-order valence-corrected chi connectivity index (χ1v) is 28.4. The molecule has 30 heteroatoms. The van der Waals surface area contributed by atoms with Crippen molar-refractivity contribution in [2.75, 3.05) is 70.1 Å². The molecular weight excluding hydrogens is 1050 g/mol. The van der Waals surface area contributed by atoms with E-state index in [-0.39, 0.29) is 59.8 Å². The van der Waals surface area contributed by atoms with Crippen LogP contribution in [0.1, 0.15) is 103 Å². The summed E-state index contributed by atoms with van der Waals surface area (Å²) in [7, 11) is -1.41. The number of primary amides is 2. The highest BCUT2D eigenvalue weighted by atomic mass is 32.2. The SMILES string of the molecule is Cc1c(N)nc([C@H](CC(N)=O)NC[C@H](N)C(N)=O)nc1C(=O)N[C@@H](CCS(C)=O)C(=O)N[C@H](C)[C@@H](O)[C@H](C)C(=O)N[C@H](C(=O)NCCc1nc(-c2nc(C(=O)NCCCNCCCCNCCCN)cs2)cs1)[C@@H](C)O. The minimum absolute atomic E-state index is 0.0347. The Balaban J connectivity index is 1.54. The summed E-state index contributed by atoms with van der Waals surface area (Å²) in [5, 5.41) is 49.2. The highest BCUT2D eigenvalue weighted by molar-refractivity contribution is 7.84. The van der Waals surface area contributed by atoms with Crippen LogP contribution in [0.3, 0.4) is 0 Å². The summed E-state index contributed by atoms with van der Waals surface area (Å²) in [4.78, 5) is 108. The Morgan fingerprint density at radius 3 is 2.08 bits per heavy atom. The molecule has 27 nitrogen and oxygen atoms in total. The van der Waals surface area contributed by atoms with Gasteiger partial charge in [-0.25, -0.2) is 19.9 Å². The molecule has 1 unspecified atom stereocenters. The van der Waals surface area contributed by atoms with E-state index in [9.17, 15) is 48.0 Å². The monoisotopic (exact) mass is 1120 g/mol. The van der Waals surface area contributed by atoms with Crippen LogP contribution in [0, 0.1) is 12.8 Å². The number of nitrogens with two attached hydrogens (primary N) is 5. The summed E-state index contributed by atoms with van der Waals surface area (Å²) < 4.78 is 12.1. The molecule has 0 saturated heterocycles. The number of amides is 7. The maximum atomic E-state index is 13.8. The number of aromatic nitrogens is 4. The van der Waals surface area contributed by atoms with Crippen LogP contribution in [0.4, 0.5) is 5.82 Å². The van der Waals surface area contributed by atoms with Crippen molar-refractivity contribution in [2.24, 2.45) is 28.9 Å². The molecule has 3 rings (SSSR count). The summed E-state index contributed by atoms with van der Waals surface area (Å²) in [5.41, 5.74) is 28.7. The summed E-state index contributed by atoms with van der Waals surface area (Å²) in [6.07, 6.45) is 2.14. The highest BCUT2D eigenvalue weighted by Gasteiger charge is 2.34. The summed E-state index contributed by atoms with van der Waals surface area (Å²) in [6, 6.07) is -6.14. The van der Waals surface area contributed by atoms with Gasteiger partial charge in [0.25, 0.3) is 11.8 Å². The fraction of sp³-hybridized carbons (Fsp3) is 0.630. The van der Waals surface area contributed by atoms with Gasteiger partial charge in [0.2, 0.25) is 29.5 Å². The van der Waals surface area contributed by atoms with E-state index in [1.165, 1.54) is 56.6 Å². The zero-order valence-electron chi connectivity index (χ0n) is 43.6. The van der Waals surface area contributed by atoms with E-state index in [1.54, 1.807) is 10.8 Å². The third-order valence-electron chi connectivity index (χ3n) is 11.7. The van der Waals surface area contributed by atoms with Crippen LogP contribution in [0.25, 0.3) is 10.7 Å². The number of hydrogen-bond acceptors (Lipinski definition) is 22. The molecule has 76 heavy (non-hydrogen) atoms. The smallest absolute Gasteiger partial charge is 0.271 e. The fourth-order valence-electron chi connectivity index (χ4n) is 7.13. The van der Waals surface area contributed by atoms with Crippen molar-refractivity contribution in [1.82, 2.24) is 62.5 Å². The average Bonchev–Trinajstić information content (AvgIpc) is 4.06. The van der Waals surface area contributed by atoms with E-state index in [1.807, 2.05) is 0 Å². The first-order valence-electron chi connectivity index (χ1n) is 24.9. The summed E-state index contributed by atoms with van der Waals surface area (Å²) in [5.74, 6) is -6.76. The molecule has 0 aliphatic carbocycles. The Hall–Kier alpha value is -5.70. The number of nitrogens with one attached hydrogen (secondary N) is 8. The number of nitrogen functional groups attached to an aromatic ring is 1. The molecule has 7 amide bonds. The topological polar surface area (TPSA) is 455 Å². The van der Waals surface area contributed by atoms with Crippen molar-refractivity contribution in [3.8, 4) is 10.7 Å². The second-order valence-corrected chi connectivity index (χ2v) is 21.5. The zero-order valence-corrected chi connectivity index (χ0v) is 46.1. The highest BCUT2D eigenvalue weighted by Crippen LogP contribution is 2.26. The standard InChI is InChI=1S/C46H77N17O10S3/c1-24-35(61-40(63-38(24)50)30(20-33(49)65)56-21-28(48)39(51)67)45(72)59-29(11-19-76(5)73)43(70)57-26(3)37(66)25(2)41(68)62-36(27(4)64)44(71)55-18-10-34-58-32(23-74-34)46-60-31(22-75-46)42(69)54-17-9-16-53-14-7-6-13-52-15-8-12-47/h22-23,25-30,36-37,52-53,56,64,66H,6-21,47-48H2,1-5H3,(H2,49,65)(H2,51,67)(H,54,69)(H,55,71)(H,57,70)(H,59,72)(H,62,68)(H2,50,61,63)/t25-,26+,27+,28-,29-,30-,36-,37-,76?/m0/s1. The predicted octanol–water partition coefficient (Wildman–Crippen LogP) is -3.71. The lowest BCUT2D eigenvalue weighted by Crippen LogP contribution is -2.57. The van der Waals surface area contributed by atoms with Gasteiger partial charge in [-0.05, 0) is 85.6 Å². The summed E-state index contributed by atoms with van der Waals surface area (Å²) in [6.45, 7) is 10.2. The maximum absolute atomic E-state index is 13.8. The number of unbranched alkanes of at least 4 members (excludes halogenated alkanes) is 1. The molecule has 0 fully saturated rings. The van der Waals surface area contributed by atoms with Crippen LogP contribution in [-0.2, 0) is 41.2 Å². The third-order valence-corrected chi connectivity index (χ3v) is 14.3. The molecule has 0 spiro atoms. The van der Waals surface area contributed by atoms with Crippen molar-refractivity contribution in [3.63, 3.8) is 0 Å². The third kappa shape index (κ3) is 22.1. The van der Waals surface area contributed by atoms with E-state index in [2.05, 4.69) is 62.5 Å². The molecule has 0 aromatic carbocycles. The molecular formula is C46H77N17O10S3. The fourth-order valence-corrected chi connectivity index (χ4v) is 9.31. The van der Waals surface area contributed by atoms with Crippen LogP contribution in [0.2, 0.25) is 0 Å². The predicted molar refractivity (Wildman–Crippen MR) is 290 cm³/mol. The number of aliphatic hydroxyl groups is 2. The Labute approximate surface area is 452 Å². The van der Waals surface area contributed by atoms with E-state index >= 15 is 0 Å². The quantitative estimate of drug-likeness (QED) is 0.0247. The first-order chi connectivity index (χ1) is 36.0. The van der Waals surface area contributed by atoms with E-state index in [0.717, 1.165) is 51.9 Å². The van der Waals surface area contributed by atoms with Gasteiger partial charge in [-0.1, -0.05) is 6.92 Å². The summed E-state index contributed by atoms with van der Waals surface area (Å²) >= 11 is 2.62. The zero-order chi connectivity index (χ0) is 56.5. The number of carbonyl (C=O) groups is 7. The Morgan fingerprint density at radius 2 is 1.45 bits per heavy atom. The molecule has 0 aliphatic heterocycles. The van der Waals surface area contributed by atoms with Gasteiger partial charge in [0.15, 0.2) is 0 Å². The number of carbonyl (C=O) groups excluding carboxylic acids is 7. The van der Waals surface area contributed by atoms with Gasteiger partial charge < -0.3 is 81.4 Å². The maximum Gasteiger partial charge on any atom is 0.271 e. The average molecular weight is 1120 g/mol. The van der Waals surface area contributed by atoms with E-state index < -0.39 is 101 Å². The van der Waals surface area contributed by atoms with Crippen LogP contribution >= 0.6 is 22.7 Å². The normalized spacial score (nSPS) is 15.0. The molecule has 3 heterocycles. The number of nitrogens with zero attached hydrogens (tertiary/aromatic N) is 4. The van der Waals surface area contributed by atoms with Gasteiger partial charge in [-0.2, -0.15) is 0 Å². The molecule has 0 aliphatic rings. The van der Waals surface area contributed by atoms with Gasteiger partial charge in [0.05, 0.1) is 41.3 Å². The number of thiazole rings is 2. The molecule has 3 aromatic rings. The molecule has 0 bridgehead atoms. The lowest BCUT2D eigenvalue weighted by Gasteiger charge is -2.29. The minimum atomic E-state index is -1.56. The van der Waals surface area contributed by atoms with E-state index in [4.69, 9.17) is 28.7 Å². The molecule has 424 valence electrons. The molecule has 20 N–H and O–H groups in total. The first kappa shape index (κ1) is 64.6. The molecule has 0 radical (unpaired) electrons. The van der Waals surface area contributed by atoms with Crippen molar-refractivity contribution in [1.29, 1.82) is 0 Å².